The molecule has 104 valence electrons. The molecule has 4 heteroatoms. The molecule has 4 nitrogen and oxygen atoms in total. The molecule has 0 aliphatic heterocycles. The molecule has 0 heterocycles. The topological polar surface area (TPSA) is 69.6 Å². The highest BCUT2D eigenvalue weighted by molar-refractivity contribution is 5.94. The minimum atomic E-state index is -0.136. The zero-order valence-electron chi connectivity index (χ0n) is 11.2. The van der Waals surface area contributed by atoms with E-state index in [4.69, 9.17) is 5.11 Å². The highest BCUT2D eigenvalue weighted by atomic mass is 16.3. The van der Waals surface area contributed by atoms with Gasteiger partial charge >= 0.3 is 0 Å². The van der Waals surface area contributed by atoms with E-state index in [2.05, 4.69) is 5.32 Å². The van der Waals surface area contributed by atoms with Gasteiger partial charge in [0.05, 0.1) is 0 Å². The predicted molar refractivity (Wildman–Crippen MR) is 73.1 cm³/mol. The largest absolute Gasteiger partial charge is 0.508 e. The number of carbonyl (C=O) groups is 1. The molecule has 1 saturated carbocycles. The first-order valence-corrected chi connectivity index (χ1v) is 6.81. The van der Waals surface area contributed by atoms with Crippen molar-refractivity contribution in [3.63, 3.8) is 0 Å². The van der Waals surface area contributed by atoms with Gasteiger partial charge in [-0.1, -0.05) is 6.07 Å². The van der Waals surface area contributed by atoms with Crippen LogP contribution in [0.4, 0.5) is 0 Å². The average Bonchev–Trinajstić information content (AvgIpc) is 2.42. The standard InChI is InChI=1S/C15H21NO3/c1-10-2-5-12(8-14(10)18)15(19)16-13-6-3-11(9-17)4-7-13/h2,5,8,11,13,17-18H,3-4,6-7,9H2,1H3,(H,16,19). The maximum absolute atomic E-state index is 12.1. The van der Waals surface area contributed by atoms with E-state index in [-0.39, 0.29) is 24.3 Å². The lowest BCUT2D eigenvalue weighted by atomic mass is 9.86. The molecule has 2 rings (SSSR count). The van der Waals surface area contributed by atoms with Crippen LogP contribution in [-0.4, -0.2) is 28.8 Å². The minimum absolute atomic E-state index is 0.136. The summed E-state index contributed by atoms with van der Waals surface area (Å²) in [5.41, 5.74) is 1.26. The predicted octanol–water partition coefficient (Wildman–Crippen LogP) is 1.98. The van der Waals surface area contributed by atoms with Crippen LogP contribution >= 0.6 is 0 Å². The van der Waals surface area contributed by atoms with E-state index < -0.39 is 0 Å². The minimum Gasteiger partial charge on any atom is -0.508 e. The number of phenols is 1. The van der Waals surface area contributed by atoms with Crippen LogP contribution in [0.25, 0.3) is 0 Å². The third-order valence-corrected chi connectivity index (χ3v) is 3.91. The molecule has 1 amide bonds. The van der Waals surface area contributed by atoms with Crippen LogP contribution in [0.5, 0.6) is 5.75 Å². The van der Waals surface area contributed by atoms with E-state index in [9.17, 15) is 9.90 Å². The Hall–Kier alpha value is -1.55. The summed E-state index contributed by atoms with van der Waals surface area (Å²) in [5, 5.41) is 21.7. The zero-order chi connectivity index (χ0) is 13.8. The summed E-state index contributed by atoms with van der Waals surface area (Å²) < 4.78 is 0. The SMILES string of the molecule is Cc1ccc(C(=O)NC2CCC(CO)CC2)cc1O. The number of nitrogens with one attached hydrogen (secondary N) is 1. The Morgan fingerprint density at radius 3 is 2.58 bits per heavy atom. The van der Waals surface area contributed by atoms with Crippen molar-refractivity contribution in [3.8, 4) is 5.75 Å². The summed E-state index contributed by atoms with van der Waals surface area (Å²) in [6, 6.07) is 5.15. The molecule has 1 fully saturated rings. The lowest BCUT2D eigenvalue weighted by molar-refractivity contribution is 0.0913. The number of aryl methyl sites for hydroxylation is 1. The molecule has 0 atom stereocenters. The molecule has 0 saturated heterocycles. The third-order valence-electron chi connectivity index (χ3n) is 3.91. The van der Waals surface area contributed by atoms with Crippen LogP contribution in [-0.2, 0) is 0 Å². The number of amides is 1. The number of aliphatic hydroxyl groups is 1. The molecule has 1 aromatic carbocycles. The number of aromatic hydroxyl groups is 1. The zero-order valence-corrected chi connectivity index (χ0v) is 11.2. The van der Waals surface area contributed by atoms with Gasteiger partial charge in [0.2, 0.25) is 0 Å². The maximum atomic E-state index is 12.1. The molecular formula is C15H21NO3. The van der Waals surface area contributed by atoms with Crippen LogP contribution < -0.4 is 5.32 Å². The number of rotatable bonds is 3. The summed E-state index contributed by atoms with van der Waals surface area (Å²) in [6.07, 6.45) is 3.74. The van der Waals surface area contributed by atoms with Crippen LogP contribution in [0, 0.1) is 12.8 Å². The maximum Gasteiger partial charge on any atom is 0.251 e. The highest BCUT2D eigenvalue weighted by Crippen LogP contribution is 2.24. The van der Waals surface area contributed by atoms with Crippen molar-refractivity contribution in [1.82, 2.24) is 5.32 Å². The Balaban J connectivity index is 1.92. The van der Waals surface area contributed by atoms with Crippen molar-refractivity contribution in [2.75, 3.05) is 6.61 Å². The summed E-state index contributed by atoms with van der Waals surface area (Å²) in [5.74, 6) is 0.399. The summed E-state index contributed by atoms with van der Waals surface area (Å²) in [7, 11) is 0. The summed E-state index contributed by atoms with van der Waals surface area (Å²) in [4.78, 5) is 12.1. The van der Waals surface area contributed by atoms with Gasteiger partial charge in [-0.15, -0.1) is 0 Å². The van der Waals surface area contributed by atoms with E-state index in [1.807, 2.05) is 0 Å². The molecule has 0 radical (unpaired) electrons. The van der Waals surface area contributed by atoms with Crippen molar-refractivity contribution in [2.45, 2.75) is 38.6 Å². The van der Waals surface area contributed by atoms with Gasteiger partial charge in [-0.3, -0.25) is 4.79 Å². The van der Waals surface area contributed by atoms with Gasteiger partial charge < -0.3 is 15.5 Å². The van der Waals surface area contributed by atoms with Crippen molar-refractivity contribution in [3.05, 3.63) is 29.3 Å². The number of carbonyl (C=O) groups excluding carboxylic acids is 1. The van der Waals surface area contributed by atoms with Crippen LogP contribution in [0.1, 0.15) is 41.6 Å². The van der Waals surface area contributed by atoms with E-state index in [0.29, 0.717) is 11.5 Å². The van der Waals surface area contributed by atoms with Gasteiger partial charge in [-0.25, -0.2) is 0 Å². The molecule has 0 aromatic heterocycles. The number of benzene rings is 1. The summed E-state index contributed by atoms with van der Waals surface area (Å²) in [6.45, 7) is 2.04. The molecule has 0 bridgehead atoms. The lowest BCUT2D eigenvalue weighted by Gasteiger charge is -2.28. The Kier molecular flexibility index (Phi) is 4.43. The second-order valence-corrected chi connectivity index (χ2v) is 5.37. The van der Waals surface area contributed by atoms with Crippen LogP contribution in [0.2, 0.25) is 0 Å². The molecule has 19 heavy (non-hydrogen) atoms. The van der Waals surface area contributed by atoms with Crippen molar-refractivity contribution < 1.29 is 15.0 Å². The van der Waals surface area contributed by atoms with Gasteiger partial charge in [-0.05, 0) is 56.2 Å². The van der Waals surface area contributed by atoms with Crippen LogP contribution in [0.3, 0.4) is 0 Å². The molecule has 1 aromatic rings. The fourth-order valence-corrected chi connectivity index (χ4v) is 2.51. The second kappa shape index (κ2) is 6.06. The average molecular weight is 263 g/mol. The molecular weight excluding hydrogens is 242 g/mol. The first kappa shape index (κ1) is 13.9. The van der Waals surface area contributed by atoms with Gasteiger partial charge in [0.15, 0.2) is 0 Å². The highest BCUT2D eigenvalue weighted by Gasteiger charge is 2.22. The van der Waals surface area contributed by atoms with Crippen molar-refractivity contribution in [1.29, 1.82) is 0 Å². The third kappa shape index (κ3) is 3.47. The second-order valence-electron chi connectivity index (χ2n) is 5.37. The van der Waals surface area contributed by atoms with E-state index in [1.54, 1.807) is 19.1 Å². The monoisotopic (exact) mass is 263 g/mol. The summed E-state index contributed by atoms with van der Waals surface area (Å²) >= 11 is 0. The Labute approximate surface area is 113 Å². The molecule has 0 spiro atoms. The van der Waals surface area contributed by atoms with Crippen molar-refractivity contribution in [2.24, 2.45) is 5.92 Å². The molecule has 0 unspecified atom stereocenters. The van der Waals surface area contributed by atoms with Gasteiger partial charge in [0.1, 0.15) is 5.75 Å². The lowest BCUT2D eigenvalue weighted by Crippen LogP contribution is -2.38. The van der Waals surface area contributed by atoms with Gasteiger partial charge in [-0.2, -0.15) is 0 Å². The molecule has 1 aliphatic carbocycles. The Morgan fingerprint density at radius 2 is 2.00 bits per heavy atom. The normalized spacial score (nSPS) is 23.1. The van der Waals surface area contributed by atoms with Gasteiger partial charge in [0, 0.05) is 18.2 Å². The van der Waals surface area contributed by atoms with Crippen LogP contribution in [0.15, 0.2) is 18.2 Å². The number of hydrogen-bond acceptors (Lipinski definition) is 3. The Bertz CT molecular complexity index is 451. The van der Waals surface area contributed by atoms with Crippen molar-refractivity contribution >= 4 is 5.91 Å². The number of phenolic OH excluding ortho intramolecular Hbond substituents is 1. The first-order chi connectivity index (χ1) is 9.10. The molecule has 3 N–H and O–H groups in total. The van der Waals surface area contributed by atoms with E-state index >= 15 is 0 Å². The first-order valence-electron chi connectivity index (χ1n) is 6.81. The number of aliphatic hydroxyl groups excluding tert-OH is 1. The quantitative estimate of drug-likeness (QED) is 0.781. The molecule has 1 aliphatic rings. The van der Waals surface area contributed by atoms with Gasteiger partial charge in [0.25, 0.3) is 5.91 Å². The number of hydrogen-bond donors (Lipinski definition) is 3. The van der Waals surface area contributed by atoms with E-state index in [1.165, 1.54) is 6.07 Å². The Morgan fingerprint density at radius 1 is 1.32 bits per heavy atom. The fourth-order valence-electron chi connectivity index (χ4n) is 2.51. The fraction of sp³-hybridized carbons (Fsp3) is 0.533. The smallest absolute Gasteiger partial charge is 0.251 e. The van der Waals surface area contributed by atoms with E-state index in [0.717, 1.165) is 31.2 Å².